The zero-order valence-corrected chi connectivity index (χ0v) is 12.1. The van der Waals surface area contributed by atoms with E-state index in [0.29, 0.717) is 0 Å². The minimum absolute atomic E-state index is 0.0312. The Bertz CT molecular complexity index is 591. The van der Waals surface area contributed by atoms with Crippen molar-refractivity contribution in [1.29, 1.82) is 0 Å². The van der Waals surface area contributed by atoms with Gasteiger partial charge in [-0.25, -0.2) is 0 Å². The van der Waals surface area contributed by atoms with Gasteiger partial charge in [-0.05, 0) is 62.4 Å². The average molecular weight is 255 g/mol. The second-order valence-corrected chi connectivity index (χ2v) is 5.26. The van der Waals surface area contributed by atoms with Crippen molar-refractivity contribution in [3.05, 3.63) is 57.9 Å². The van der Waals surface area contributed by atoms with E-state index in [1.165, 1.54) is 16.7 Å². The summed E-state index contributed by atoms with van der Waals surface area (Å²) in [6, 6.07) is 8.52. The number of hydrogen-bond donors (Lipinski definition) is 1. The van der Waals surface area contributed by atoms with Crippen molar-refractivity contribution in [2.45, 2.75) is 40.2 Å². The molecule has 0 aliphatic heterocycles. The highest BCUT2D eigenvalue weighted by atomic mass is 15.1. The molecule has 1 aromatic carbocycles. The molecule has 0 bridgehead atoms. The molecule has 3 nitrogen and oxygen atoms in total. The first-order valence-electron chi connectivity index (χ1n) is 6.60. The molecule has 0 aliphatic carbocycles. The van der Waals surface area contributed by atoms with Crippen molar-refractivity contribution in [1.82, 2.24) is 10.2 Å². The molecule has 2 aromatic rings. The maximum absolute atomic E-state index is 6.32. The van der Waals surface area contributed by atoms with Gasteiger partial charge in [-0.2, -0.15) is 10.2 Å². The van der Waals surface area contributed by atoms with Gasteiger partial charge in [-0.15, -0.1) is 0 Å². The van der Waals surface area contributed by atoms with Crippen molar-refractivity contribution in [2.75, 3.05) is 0 Å². The van der Waals surface area contributed by atoms with E-state index in [2.05, 4.69) is 42.2 Å². The summed E-state index contributed by atoms with van der Waals surface area (Å²) in [7, 11) is 0. The summed E-state index contributed by atoms with van der Waals surface area (Å²) >= 11 is 0. The van der Waals surface area contributed by atoms with E-state index >= 15 is 0 Å². The molecule has 0 saturated heterocycles. The summed E-state index contributed by atoms with van der Waals surface area (Å²) < 4.78 is 0. The standard InChI is InChI=1S/C16H21N3/c1-10-5-6-14(7-11(10)2)9-16(17)15-8-12(3)18-19-13(15)4/h5-8,16H,9,17H2,1-4H3. The summed E-state index contributed by atoms with van der Waals surface area (Å²) in [5.41, 5.74) is 13.1. The topological polar surface area (TPSA) is 51.8 Å². The first kappa shape index (κ1) is 13.7. The number of nitrogens with two attached hydrogens (primary N) is 1. The largest absolute Gasteiger partial charge is 0.324 e. The molecule has 1 aromatic heterocycles. The molecule has 0 spiro atoms. The lowest BCUT2D eigenvalue weighted by molar-refractivity contribution is 0.700. The number of nitrogens with zero attached hydrogens (tertiary/aromatic N) is 2. The van der Waals surface area contributed by atoms with Crippen molar-refractivity contribution in [3.8, 4) is 0 Å². The Morgan fingerprint density at radius 1 is 1.00 bits per heavy atom. The number of rotatable bonds is 3. The van der Waals surface area contributed by atoms with Crippen LogP contribution < -0.4 is 5.73 Å². The van der Waals surface area contributed by atoms with Gasteiger partial charge in [0, 0.05) is 6.04 Å². The van der Waals surface area contributed by atoms with Gasteiger partial charge in [0.1, 0.15) is 0 Å². The molecule has 3 heteroatoms. The van der Waals surface area contributed by atoms with Gasteiger partial charge in [-0.3, -0.25) is 0 Å². The fourth-order valence-electron chi connectivity index (χ4n) is 2.24. The minimum Gasteiger partial charge on any atom is -0.324 e. The molecule has 1 atom stereocenters. The Kier molecular flexibility index (Phi) is 3.96. The predicted molar refractivity (Wildman–Crippen MR) is 78.1 cm³/mol. The normalized spacial score (nSPS) is 12.5. The van der Waals surface area contributed by atoms with Crippen LogP contribution in [0.3, 0.4) is 0 Å². The van der Waals surface area contributed by atoms with Crippen LogP contribution in [0.4, 0.5) is 0 Å². The summed E-state index contributed by atoms with van der Waals surface area (Å²) in [6.45, 7) is 8.16. The van der Waals surface area contributed by atoms with E-state index in [9.17, 15) is 0 Å². The van der Waals surface area contributed by atoms with E-state index in [1.807, 2.05) is 19.9 Å². The molecule has 0 amide bonds. The SMILES string of the molecule is Cc1cc(C(N)Cc2ccc(C)c(C)c2)c(C)nn1. The van der Waals surface area contributed by atoms with Crippen LogP contribution in [0.1, 0.15) is 39.7 Å². The number of benzene rings is 1. The summed E-state index contributed by atoms with van der Waals surface area (Å²) in [5.74, 6) is 0. The Hall–Kier alpha value is -1.74. The van der Waals surface area contributed by atoms with Crippen LogP contribution in [0.2, 0.25) is 0 Å². The van der Waals surface area contributed by atoms with Crippen molar-refractivity contribution >= 4 is 0 Å². The Balaban J connectivity index is 2.22. The van der Waals surface area contributed by atoms with Crippen molar-refractivity contribution in [3.63, 3.8) is 0 Å². The predicted octanol–water partition coefficient (Wildman–Crippen LogP) is 2.95. The third kappa shape index (κ3) is 3.18. The average Bonchev–Trinajstić information content (AvgIpc) is 2.36. The van der Waals surface area contributed by atoms with Crippen LogP contribution in [-0.4, -0.2) is 10.2 Å². The molecule has 0 aliphatic rings. The smallest absolute Gasteiger partial charge is 0.0648 e. The molecule has 100 valence electrons. The maximum Gasteiger partial charge on any atom is 0.0648 e. The Morgan fingerprint density at radius 3 is 2.42 bits per heavy atom. The van der Waals surface area contributed by atoms with E-state index < -0.39 is 0 Å². The number of aryl methyl sites for hydroxylation is 4. The first-order valence-corrected chi connectivity index (χ1v) is 6.60. The van der Waals surface area contributed by atoms with E-state index in [1.54, 1.807) is 0 Å². The van der Waals surface area contributed by atoms with Crippen molar-refractivity contribution < 1.29 is 0 Å². The molecule has 2 N–H and O–H groups in total. The Labute approximate surface area is 114 Å². The van der Waals surface area contributed by atoms with Gasteiger partial charge in [-0.1, -0.05) is 18.2 Å². The van der Waals surface area contributed by atoms with Crippen LogP contribution in [0, 0.1) is 27.7 Å². The van der Waals surface area contributed by atoms with Crippen LogP contribution >= 0.6 is 0 Å². The van der Waals surface area contributed by atoms with Crippen LogP contribution in [-0.2, 0) is 6.42 Å². The molecule has 0 fully saturated rings. The third-order valence-corrected chi connectivity index (χ3v) is 3.57. The molecule has 2 rings (SSSR count). The lowest BCUT2D eigenvalue weighted by atomic mass is 9.96. The lowest BCUT2D eigenvalue weighted by Crippen LogP contribution is -2.16. The molecule has 0 radical (unpaired) electrons. The van der Waals surface area contributed by atoms with Gasteiger partial charge in [0.15, 0.2) is 0 Å². The monoisotopic (exact) mass is 255 g/mol. The quantitative estimate of drug-likeness (QED) is 0.917. The van der Waals surface area contributed by atoms with E-state index in [0.717, 1.165) is 23.4 Å². The summed E-state index contributed by atoms with van der Waals surface area (Å²) in [5, 5.41) is 8.19. The molecule has 1 unspecified atom stereocenters. The fourth-order valence-corrected chi connectivity index (χ4v) is 2.24. The fraction of sp³-hybridized carbons (Fsp3) is 0.375. The third-order valence-electron chi connectivity index (χ3n) is 3.57. The molecule has 0 saturated carbocycles. The highest BCUT2D eigenvalue weighted by Gasteiger charge is 2.12. The number of hydrogen-bond acceptors (Lipinski definition) is 3. The van der Waals surface area contributed by atoms with Gasteiger partial charge in [0.25, 0.3) is 0 Å². The summed E-state index contributed by atoms with van der Waals surface area (Å²) in [6.07, 6.45) is 0.826. The lowest BCUT2D eigenvalue weighted by Gasteiger charge is -2.15. The number of aromatic nitrogens is 2. The molecule has 19 heavy (non-hydrogen) atoms. The first-order chi connectivity index (χ1) is 8.97. The van der Waals surface area contributed by atoms with Gasteiger partial charge in [0.05, 0.1) is 11.4 Å². The van der Waals surface area contributed by atoms with Crippen LogP contribution in [0.5, 0.6) is 0 Å². The second kappa shape index (κ2) is 5.49. The summed E-state index contributed by atoms with van der Waals surface area (Å²) in [4.78, 5) is 0. The van der Waals surface area contributed by atoms with Gasteiger partial charge in [0.2, 0.25) is 0 Å². The zero-order chi connectivity index (χ0) is 14.0. The zero-order valence-electron chi connectivity index (χ0n) is 12.1. The molecule has 1 heterocycles. The van der Waals surface area contributed by atoms with E-state index in [4.69, 9.17) is 5.73 Å². The van der Waals surface area contributed by atoms with Crippen molar-refractivity contribution in [2.24, 2.45) is 5.73 Å². The van der Waals surface area contributed by atoms with Crippen LogP contribution in [0.15, 0.2) is 24.3 Å². The van der Waals surface area contributed by atoms with Gasteiger partial charge < -0.3 is 5.73 Å². The minimum atomic E-state index is -0.0312. The maximum atomic E-state index is 6.32. The van der Waals surface area contributed by atoms with E-state index in [-0.39, 0.29) is 6.04 Å². The van der Waals surface area contributed by atoms with Crippen LogP contribution in [0.25, 0.3) is 0 Å². The molecular weight excluding hydrogens is 234 g/mol. The Morgan fingerprint density at radius 2 is 1.74 bits per heavy atom. The van der Waals surface area contributed by atoms with Gasteiger partial charge >= 0.3 is 0 Å². The molecular formula is C16H21N3. The second-order valence-electron chi connectivity index (χ2n) is 5.26. The highest BCUT2D eigenvalue weighted by molar-refractivity contribution is 5.32. The highest BCUT2D eigenvalue weighted by Crippen LogP contribution is 2.20.